The smallest absolute Gasteiger partial charge is 0.181 e. The van der Waals surface area contributed by atoms with E-state index in [9.17, 15) is 4.79 Å². The molecule has 1 aliphatic rings. The van der Waals surface area contributed by atoms with Crippen LogP contribution in [0.5, 0.6) is 0 Å². The van der Waals surface area contributed by atoms with Gasteiger partial charge in [-0.2, -0.15) is 10.2 Å². The highest BCUT2D eigenvalue weighted by molar-refractivity contribution is 6.40. The van der Waals surface area contributed by atoms with Crippen molar-refractivity contribution in [2.45, 2.75) is 39.5 Å². The molecular weight excluding hydrogens is 236 g/mol. The first-order chi connectivity index (χ1) is 9.16. The fraction of sp³-hybridized carbons (Fsp3) is 0.438. The fourth-order valence-electron chi connectivity index (χ4n) is 2.15. The van der Waals surface area contributed by atoms with Crippen molar-refractivity contribution >= 4 is 17.2 Å². The first kappa shape index (κ1) is 13.7. The predicted molar refractivity (Wildman–Crippen MR) is 78.7 cm³/mol. The van der Waals surface area contributed by atoms with Crippen LogP contribution in [0.2, 0.25) is 0 Å². The van der Waals surface area contributed by atoms with Gasteiger partial charge in [-0.3, -0.25) is 4.79 Å². The van der Waals surface area contributed by atoms with Crippen LogP contribution in [0.3, 0.4) is 0 Å². The summed E-state index contributed by atoms with van der Waals surface area (Å²) in [5.41, 5.74) is 2.95. The summed E-state index contributed by atoms with van der Waals surface area (Å²) in [5.74, 6) is 0.134. The molecule has 0 N–H and O–H groups in total. The van der Waals surface area contributed by atoms with Crippen LogP contribution >= 0.6 is 0 Å². The molecule has 1 heterocycles. The minimum Gasteiger partial charge on any atom is -0.292 e. The summed E-state index contributed by atoms with van der Waals surface area (Å²) in [5, 5.41) is 8.46. The number of hydrogen-bond donors (Lipinski definition) is 0. The Labute approximate surface area is 114 Å². The molecule has 0 saturated carbocycles. The van der Waals surface area contributed by atoms with Crippen molar-refractivity contribution in [2.24, 2.45) is 16.1 Å². The Hall–Kier alpha value is -1.77. The molecule has 0 spiro atoms. The Bertz CT molecular complexity index is 501. The van der Waals surface area contributed by atoms with E-state index in [2.05, 4.69) is 22.3 Å². The van der Waals surface area contributed by atoms with Crippen LogP contribution in [0.1, 0.15) is 38.7 Å². The van der Waals surface area contributed by atoms with E-state index in [0.717, 1.165) is 31.4 Å². The van der Waals surface area contributed by atoms with Gasteiger partial charge in [-0.05, 0) is 24.8 Å². The van der Waals surface area contributed by atoms with Crippen molar-refractivity contribution in [3.05, 3.63) is 35.9 Å². The molecule has 3 heteroatoms. The SMILES string of the molecule is CC(C)C(=O)C1=NN=C(Cc2ccccc2)CCC1. The molecule has 0 amide bonds. The molecule has 0 fully saturated rings. The van der Waals surface area contributed by atoms with Gasteiger partial charge in [0.25, 0.3) is 0 Å². The quantitative estimate of drug-likeness (QED) is 0.813. The van der Waals surface area contributed by atoms with Crippen LogP contribution in [0.15, 0.2) is 40.5 Å². The van der Waals surface area contributed by atoms with Gasteiger partial charge in [-0.1, -0.05) is 44.2 Å². The van der Waals surface area contributed by atoms with E-state index in [4.69, 9.17) is 0 Å². The molecule has 1 aromatic rings. The van der Waals surface area contributed by atoms with Crippen LogP contribution in [0.25, 0.3) is 0 Å². The van der Waals surface area contributed by atoms with Crippen LogP contribution in [0, 0.1) is 5.92 Å². The summed E-state index contributed by atoms with van der Waals surface area (Å²) >= 11 is 0. The highest BCUT2D eigenvalue weighted by Gasteiger charge is 2.17. The second kappa shape index (κ2) is 6.41. The third-order valence-corrected chi connectivity index (χ3v) is 3.25. The predicted octanol–water partition coefficient (Wildman–Crippen LogP) is 3.44. The Morgan fingerprint density at radius 3 is 2.58 bits per heavy atom. The van der Waals surface area contributed by atoms with E-state index >= 15 is 0 Å². The molecule has 0 radical (unpaired) electrons. The number of benzene rings is 1. The van der Waals surface area contributed by atoms with E-state index < -0.39 is 0 Å². The number of ketones is 1. The Morgan fingerprint density at radius 1 is 1.16 bits per heavy atom. The lowest BCUT2D eigenvalue weighted by atomic mass is 9.99. The van der Waals surface area contributed by atoms with Crippen LogP contribution < -0.4 is 0 Å². The standard InChI is InChI=1S/C16H20N2O/c1-12(2)16(19)15-10-6-9-14(17-18-15)11-13-7-4-3-5-8-13/h3-5,7-8,12H,6,9-11H2,1-2H3. The normalized spacial score (nSPS) is 15.7. The van der Waals surface area contributed by atoms with Gasteiger partial charge in [0.2, 0.25) is 0 Å². The lowest BCUT2D eigenvalue weighted by Crippen LogP contribution is -2.19. The molecule has 19 heavy (non-hydrogen) atoms. The van der Waals surface area contributed by atoms with Gasteiger partial charge in [0.15, 0.2) is 5.78 Å². The number of carbonyl (C=O) groups is 1. The summed E-state index contributed by atoms with van der Waals surface area (Å²) < 4.78 is 0. The molecule has 1 aliphatic heterocycles. The van der Waals surface area contributed by atoms with E-state index in [1.807, 2.05) is 32.0 Å². The Morgan fingerprint density at radius 2 is 1.89 bits per heavy atom. The minimum absolute atomic E-state index is 0.00428. The highest BCUT2D eigenvalue weighted by Crippen LogP contribution is 2.13. The maximum atomic E-state index is 11.9. The molecule has 1 aromatic carbocycles. The molecule has 0 aliphatic carbocycles. The van der Waals surface area contributed by atoms with E-state index in [1.165, 1.54) is 5.56 Å². The molecule has 0 bridgehead atoms. The number of carbonyl (C=O) groups excluding carboxylic acids is 1. The molecule has 2 rings (SSSR count). The zero-order valence-corrected chi connectivity index (χ0v) is 11.6. The van der Waals surface area contributed by atoms with Crippen molar-refractivity contribution in [3.63, 3.8) is 0 Å². The summed E-state index contributed by atoms with van der Waals surface area (Å²) in [6, 6.07) is 10.3. The second-order valence-electron chi connectivity index (χ2n) is 5.25. The molecule has 0 atom stereocenters. The molecular formula is C16H20N2O. The summed E-state index contributed by atoms with van der Waals surface area (Å²) in [6.07, 6.45) is 3.46. The van der Waals surface area contributed by atoms with Gasteiger partial charge in [-0.25, -0.2) is 0 Å². The molecule has 0 unspecified atom stereocenters. The third kappa shape index (κ3) is 3.85. The first-order valence-electron chi connectivity index (χ1n) is 6.87. The highest BCUT2D eigenvalue weighted by atomic mass is 16.1. The number of hydrogen-bond acceptors (Lipinski definition) is 3. The average Bonchev–Trinajstić information content (AvgIpc) is 2.64. The first-order valence-corrected chi connectivity index (χ1v) is 6.87. The van der Waals surface area contributed by atoms with Crippen molar-refractivity contribution in [2.75, 3.05) is 0 Å². The summed E-state index contributed by atoms with van der Waals surface area (Å²) in [4.78, 5) is 11.9. The van der Waals surface area contributed by atoms with Crippen molar-refractivity contribution in [1.82, 2.24) is 0 Å². The van der Waals surface area contributed by atoms with Gasteiger partial charge in [0.1, 0.15) is 5.71 Å². The Kier molecular flexibility index (Phi) is 4.61. The monoisotopic (exact) mass is 256 g/mol. The van der Waals surface area contributed by atoms with Crippen molar-refractivity contribution in [3.8, 4) is 0 Å². The van der Waals surface area contributed by atoms with E-state index in [1.54, 1.807) is 0 Å². The number of Topliss-reactive ketones (excluding diaryl/α,β-unsaturated/α-hetero) is 1. The van der Waals surface area contributed by atoms with Crippen LogP contribution in [-0.2, 0) is 11.2 Å². The maximum Gasteiger partial charge on any atom is 0.181 e. The van der Waals surface area contributed by atoms with Gasteiger partial charge in [0, 0.05) is 18.1 Å². The minimum atomic E-state index is 0.00428. The third-order valence-electron chi connectivity index (χ3n) is 3.25. The van der Waals surface area contributed by atoms with Gasteiger partial charge < -0.3 is 0 Å². The van der Waals surface area contributed by atoms with Crippen LogP contribution in [0.4, 0.5) is 0 Å². The largest absolute Gasteiger partial charge is 0.292 e. The molecule has 0 saturated heterocycles. The molecule has 100 valence electrons. The Balaban J connectivity index is 2.09. The lowest BCUT2D eigenvalue weighted by molar-refractivity contribution is -0.115. The van der Waals surface area contributed by atoms with Gasteiger partial charge in [-0.15, -0.1) is 0 Å². The topological polar surface area (TPSA) is 41.8 Å². The second-order valence-corrected chi connectivity index (χ2v) is 5.25. The molecule has 0 aromatic heterocycles. The summed E-state index contributed by atoms with van der Waals surface area (Å²) in [7, 11) is 0. The van der Waals surface area contributed by atoms with Crippen molar-refractivity contribution < 1.29 is 4.79 Å². The number of rotatable bonds is 4. The fourth-order valence-corrected chi connectivity index (χ4v) is 2.15. The van der Waals surface area contributed by atoms with Crippen LogP contribution in [-0.4, -0.2) is 17.2 Å². The average molecular weight is 256 g/mol. The van der Waals surface area contributed by atoms with Crippen molar-refractivity contribution in [1.29, 1.82) is 0 Å². The van der Waals surface area contributed by atoms with E-state index in [-0.39, 0.29) is 11.7 Å². The molecule has 3 nitrogen and oxygen atoms in total. The zero-order chi connectivity index (χ0) is 13.7. The maximum absolute atomic E-state index is 11.9. The van der Waals surface area contributed by atoms with Gasteiger partial charge >= 0.3 is 0 Å². The number of nitrogens with zero attached hydrogens (tertiary/aromatic N) is 2. The van der Waals surface area contributed by atoms with Gasteiger partial charge in [0.05, 0.1) is 0 Å². The summed E-state index contributed by atoms with van der Waals surface area (Å²) in [6.45, 7) is 3.81. The zero-order valence-electron chi connectivity index (χ0n) is 11.6. The lowest BCUT2D eigenvalue weighted by Gasteiger charge is -2.04. The van der Waals surface area contributed by atoms with E-state index in [0.29, 0.717) is 5.71 Å².